The van der Waals surface area contributed by atoms with Crippen LogP contribution in [-0.2, 0) is 16.1 Å². The van der Waals surface area contributed by atoms with Gasteiger partial charge in [-0.15, -0.1) is 0 Å². The molecule has 0 aromatic heterocycles. The molecule has 1 aliphatic heterocycles. The third-order valence-electron chi connectivity index (χ3n) is 4.29. The van der Waals surface area contributed by atoms with Gasteiger partial charge in [0.25, 0.3) is 0 Å². The fourth-order valence-corrected chi connectivity index (χ4v) is 3.32. The van der Waals surface area contributed by atoms with Crippen molar-refractivity contribution in [2.24, 2.45) is 5.92 Å². The Hall–Kier alpha value is -1.46. The lowest BCUT2D eigenvalue weighted by Gasteiger charge is -2.34. The highest BCUT2D eigenvalue weighted by Gasteiger charge is 2.31. The zero-order valence-corrected chi connectivity index (χ0v) is 17.2. The van der Waals surface area contributed by atoms with Crippen LogP contribution in [0.1, 0.15) is 39.2 Å². The molecule has 1 heterocycles. The average molecular weight is 401 g/mol. The highest BCUT2D eigenvalue weighted by molar-refractivity contribution is 6.33. The van der Waals surface area contributed by atoms with E-state index in [0.717, 1.165) is 5.56 Å². The summed E-state index contributed by atoms with van der Waals surface area (Å²) in [6, 6.07) is 5.23. The van der Waals surface area contributed by atoms with Crippen LogP contribution in [0, 0.1) is 5.92 Å². The van der Waals surface area contributed by atoms with E-state index in [1.165, 1.54) is 0 Å². The first-order valence-electron chi connectivity index (χ1n) is 8.73. The Bertz CT molecular complexity index is 665. The van der Waals surface area contributed by atoms with Crippen molar-refractivity contribution in [3.05, 3.63) is 33.8 Å². The molecular formula is C19H26Cl2N2O3. The molecule has 1 aromatic carbocycles. The second kappa shape index (κ2) is 8.49. The smallest absolute Gasteiger partial charge is 0.410 e. The summed E-state index contributed by atoms with van der Waals surface area (Å²) in [6.07, 6.45) is 0.944. The van der Waals surface area contributed by atoms with E-state index in [1.807, 2.05) is 20.8 Å². The van der Waals surface area contributed by atoms with Crippen LogP contribution < -0.4 is 0 Å². The number of ether oxygens (including phenoxy) is 1. The fourth-order valence-electron chi connectivity index (χ4n) is 2.95. The van der Waals surface area contributed by atoms with E-state index in [1.54, 1.807) is 35.0 Å². The predicted molar refractivity (Wildman–Crippen MR) is 103 cm³/mol. The maximum Gasteiger partial charge on any atom is 0.410 e. The molecule has 1 aliphatic rings. The van der Waals surface area contributed by atoms with Crippen LogP contribution in [-0.4, -0.2) is 47.5 Å². The number of halogens is 2. The maximum absolute atomic E-state index is 12.7. The van der Waals surface area contributed by atoms with Crippen molar-refractivity contribution in [1.82, 2.24) is 9.80 Å². The molecule has 1 fully saturated rings. The Morgan fingerprint density at radius 1 is 1.23 bits per heavy atom. The van der Waals surface area contributed by atoms with Gasteiger partial charge in [-0.3, -0.25) is 4.79 Å². The normalized spacial score (nSPS) is 15.7. The summed E-state index contributed by atoms with van der Waals surface area (Å²) < 4.78 is 5.39. The van der Waals surface area contributed by atoms with Crippen molar-refractivity contribution in [2.75, 3.05) is 20.1 Å². The SMILES string of the molecule is CN(Cc1cc(Cl)ccc1Cl)C(=O)C1CCN(C(=O)OC(C)(C)C)CC1. The Morgan fingerprint density at radius 3 is 2.42 bits per heavy atom. The first-order valence-corrected chi connectivity index (χ1v) is 9.49. The van der Waals surface area contributed by atoms with Crippen molar-refractivity contribution >= 4 is 35.2 Å². The first kappa shape index (κ1) is 20.8. The van der Waals surface area contributed by atoms with Gasteiger partial charge < -0.3 is 14.5 Å². The predicted octanol–water partition coefficient (Wildman–Crippen LogP) is 4.60. The number of nitrogens with zero attached hydrogens (tertiary/aromatic N) is 2. The third-order valence-corrected chi connectivity index (χ3v) is 4.89. The van der Waals surface area contributed by atoms with Crippen LogP contribution in [0.25, 0.3) is 0 Å². The second-order valence-corrected chi connectivity index (χ2v) is 8.52. The van der Waals surface area contributed by atoms with E-state index < -0.39 is 5.60 Å². The number of benzene rings is 1. The second-order valence-electron chi connectivity index (χ2n) is 7.67. The minimum Gasteiger partial charge on any atom is -0.444 e. The van der Waals surface area contributed by atoms with E-state index in [2.05, 4.69) is 0 Å². The van der Waals surface area contributed by atoms with Gasteiger partial charge in [-0.05, 0) is 57.4 Å². The minimum absolute atomic E-state index is 0.0601. The van der Waals surface area contributed by atoms with Crippen LogP contribution in [0.3, 0.4) is 0 Å². The zero-order valence-electron chi connectivity index (χ0n) is 15.7. The van der Waals surface area contributed by atoms with Crippen molar-refractivity contribution in [3.8, 4) is 0 Å². The van der Waals surface area contributed by atoms with Gasteiger partial charge in [-0.2, -0.15) is 0 Å². The average Bonchev–Trinajstić information content (AvgIpc) is 2.56. The Balaban J connectivity index is 1.89. The number of carbonyl (C=O) groups is 2. The topological polar surface area (TPSA) is 49.9 Å². The van der Waals surface area contributed by atoms with Gasteiger partial charge in [0.2, 0.25) is 5.91 Å². The summed E-state index contributed by atoms with van der Waals surface area (Å²) in [5.74, 6) is -0.0403. The number of carbonyl (C=O) groups excluding carboxylic acids is 2. The molecule has 5 nitrogen and oxygen atoms in total. The maximum atomic E-state index is 12.7. The van der Waals surface area contributed by atoms with Gasteiger partial charge in [0.1, 0.15) is 5.60 Å². The number of amides is 2. The van der Waals surface area contributed by atoms with E-state index in [4.69, 9.17) is 27.9 Å². The number of hydrogen-bond donors (Lipinski definition) is 0. The fraction of sp³-hybridized carbons (Fsp3) is 0.579. The molecule has 0 unspecified atom stereocenters. The van der Waals surface area contributed by atoms with Crippen molar-refractivity contribution in [1.29, 1.82) is 0 Å². The summed E-state index contributed by atoms with van der Waals surface area (Å²) in [6.45, 7) is 6.99. The summed E-state index contributed by atoms with van der Waals surface area (Å²) in [5, 5.41) is 1.18. The van der Waals surface area contributed by atoms with Crippen LogP contribution in [0.4, 0.5) is 4.79 Å². The van der Waals surface area contributed by atoms with Crippen LogP contribution in [0.15, 0.2) is 18.2 Å². The summed E-state index contributed by atoms with van der Waals surface area (Å²) in [7, 11) is 1.76. The van der Waals surface area contributed by atoms with Gasteiger partial charge in [-0.1, -0.05) is 23.2 Å². The molecule has 1 saturated heterocycles. The molecule has 0 saturated carbocycles. The molecule has 7 heteroatoms. The monoisotopic (exact) mass is 400 g/mol. The molecule has 2 amide bonds. The highest BCUT2D eigenvalue weighted by Crippen LogP contribution is 2.25. The van der Waals surface area contributed by atoms with Crippen molar-refractivity contribution in [3.63, 3.8) is 0 Å². The molecule has 1 aromatic rings. The standard InChI is InChI=1S/C19H26Cl2N2O3/c1-19(2,3)26-18(25)23-9-7-13(8-10-23)17(24)22(4)12-14-11-15(20)5-6-16(14)21/h5-6,11,13H,7-10,12H2,1-4H3. The number of hydrogen-bond acceptors (Lipinski definition) is 3. The zero-order chi connectivity index (χ0) is 19.5. The van der Waals surface area contributed by atoms with E-state index in [9.17, 15) is 9.59 Å². The molecule has 0 spiro atoms. The van der Waals surface area contributed by atoms with E-state index in [0.29, 0.717) is 42.5 Å². The molecule has 0 N–H and O–H groups in total. The number of likely N-dealkylation sites (tertiary alicyclic amines) is 1. The third kappa shape index (κ3) is 5.78. The van der Waals surface area contributed by atoms with Crippen molar-refractivity contribution < 1.29 is 14.3 Å². The van der Waals surface area contributed by atoms with Crippen LogP contribution in [0.5, 0.6) is 0 Å². The van der Waals surface area contributed by atoms with E-state index in [-0.39, 0.29) is 17.9 Å². The summed E-state index contributed by atoms with van der Waals surface area (Å²) in [5.41, 5.74) is 0.307. The van der Waals surface area contributed by atoms with Gasteiger partial charge >= 0.3 is 6.09 Å². The Kier molecular flexibility index (Phi) is 6.80. The molecule has 26 heavy (non-hydrogen) atoms. The van der Waals surface area contributed by atoms with Crippen molar-refractivity contribution in [2.45, 2.75) is 45.8 Å². The number of rotatable bonds is 3. The lowest BCUT2D eigenvalue weighted by Crippen LogP contribution is -2.45. The molecule has 0 bridgehead atoms. The van der Waals surface area contributed by atoms with Gasteiger partial charge in [-0.25, -0.2) is 4.79 Å². The molecule has 2 rings (SSSR count). The number of piperidine rings is 1. The van der Waals surface area contributed by atoms with Crippen LogP contribution in [0.2, 0.25) is 10.0 Å². The Labute approximate surface area is 165 Å². The highest BCUT2D eigenvalue weighted by atomic mass is 35.5. The molecule has 0 radical (unpaired) electrons. The minimum atomic E-state index is -0.514. The largest absolute Gasteiger partial charge is 0.444 e. The van der Waals surface area contributed by atoms with E-state index >= 15 is 0 Å². The van der Waals surface area contributed by atoms with Gasteiger partial charge in [0.15, 0.2) is 0 Å². The molecule has 0 aliphatic carbocycles. The Morgan fingerprint density at radius 2 is 1.85 bits per heavy atom. The summed E-state index contributed by atoms with van der Waals surface area (Å²) >= 11 is 12.2. The molecular weight excluding hydrogens is 375 g/mol. The lowest BCUT2D eigenvalue weighted by molar-refractivity contribution is -0.136. The van der Waals surface area contributed by atoms with Gasteiger partial charge in [0.05, 0.1) is 0 Å². The molecule has 144 valence electrons. The van der Waals surface area contributed by atoms with Crippen LogP contribution >= 0.6 is 23.2 Å². The quantitative estimate of drug-likeness (QED) is 0.744. The first-order chi connectivity index (χ1) is 12.1. The summed E-state index contributed by atoms with van der Waals surface area (Å²) in [4.78, 5) is 28.2. The van der Waals surface area contributed by atoms with Gasteiger partial charge in [0, 0.05) is 42.6 Å². The molecule has 0 atom stereocenters. The lowest BCUT2D eigenvalue weighted by atomic mass is 9.95.